The first-order valence-electron chi connectivity index (χ1n) is 12.5. The van der Waals surface area contributed by atoms with Crippen molar-refractivity contribution in [1.29, 1.82) is 5.26 Å². The minimum Gasteiger partial charge on any atom is -0.379 e. The van der Waals surface area contributed by atoms with Gasteiger partial charge >= 0.3 is 0 Å². The molecule has 2 heterocycles. The third-order valence-electron chi connectivity index (χ3n) is 6.55. The number of anilines is 1. The van der Waals surface area contributed by atoms with Crippen LogP contribution in [0.1, 0.15) is 49.9 Å². The maximum atomic E-state index is 13.9. The van der Waals surface area contributed by atoms with Crippen LogP contribution in [0.5, 0.6) is 0 Å². The molecular formula is C27H36FN5O3. The molecule has 0 radical (unpaired) electrons. The summed E-state index contributed by atoms with van der Waals surface area (Å²) in [6.07, 6.45) is 2.34. The van der Waals surface area contributed by atoms with Crippen LogP contribution >= 0.6 is 0 Å². The summed E-state index contributed by atoms with van der Waals surface area (Å²) in [4.78, 5) is 27.4. The van der Waals surface area contributed by atoms with Crippen molar-refractivity contribution in [2.75, 3.05) is 38.1 Å². The lowest BCUT2D eigenvalue weighted by Gasteiger charge is -2.30. The molecule has 194 valence electrons. The fourth-order valence-corrected chi connectivity index (χ4v) is 4.47. The molecule has 2 N–H and O–H groups in total. The summed E-state index contributed by atoms with van der Waals surface area (Å²) < 4.78 is 21.1. The Bertz CT molecular complexity index is 1110. The van der Waals surface area contributed by atoms with Crippen LogP contribution in [-0.2, 0) is 14.3 Å². The van der Waals surface area contributed by atoms with Crippen molar-refractivity contribution in [1.82, 2.24) is 14.8 Å². The maximum Gasteiger partial charge on any atom is 0.239 e. The van der Waals surface area contributed by atoms with E-state index >= 15 is 0 Å². The lowest BCUT2D eigenvalue weighted by atomic mass is 9.96. The van der Waals surface area contributed by atoms with Crippen LogP contribution in [-0.4, -0.2) is 60.2 Å². The number of carbonyl (C=O) groups excluding carboxylic acids is 2. The molecule has 0 unspecified atom stereocenters. The summed E-state index contributed by atoms with van der Waals surface area (Å²) >= 11 is 0. The number of likely N-dealkylation sites (tertiary alicyclic amines) is 1. The molecule has 1 aromatic carbocycles. The van der Waals surface area contributed by atoms with Crippen molar-refractivity contribution in [3.05, 3.63) is 46.9 Å². The summed E-state index contributed by atoms with van der Waals surface area (Å²) in [6.45, 7) is 10.3. The van der Waals surface area contributed by atoms with E-state index in [1.807, 2.05) is 32.6 Å². The number of ether oxygens (including phenoxy) is 1. The van der Waals surface area contributed by atoms with E-state index in [9.17, 15) is 19.2 Å². The number of benzene rings is 1. The van der Waals surface area contributed by atoms with Gasteiger partial charge in [0.15, 0.2) is 0 Å². The predicted molar refractivity (Wildman–Crippen MR) is 136 cm³/mol. The molecule has 36 heavy (non-hydrogen) atoms. The average molecular weight is 498 g/mol. The van der Waals surface area contributed by atoms with Crippen LogP contribution in [0.3, 0.4) is 0 Å². The highest BCUT2D eigenvalue weighted by molar-refractivity contribution is 5.93. The summed E-state index contributed by atoms with van der Waals surface area (Å²) in [6, 6.07) is 8.22. The first kappa shape index (κ1) is 27.4. The number of nitrogens with zero attached hydrogens (tertiary/aromatic N) is 3. The van der Waals surface area contributed by atoms with Gasteiger partial charge in [-0.05, 0) is 83.8 Å². The number of rotatable bonds is 10. The van der Waals surface area contributed by atoms with Gasteiger partial charge in [-0.25, -0.2) is 4.39 Å². The molecule has 9 heteroatoms. The van der Waals surface area contributed by atoms with Gasteiger partial charge < -0.3 is 15.4 Å². The highest BCUT2D eigenvalue weighted by Gasteiger charge is 2.27. The molecule has 0 spiro atoms. The molecule has 1 saturated heterocycles. The minimum atomic E-state index is -0.398. The zero-order valence-corrected chi connectivity index (χ0v) is 21.6. The first-order valence-corrected chi connectivity index (χ1v) is 12.5. The Balaban J connectivity index is 1.56. The van der Waals surface area contributed by atoms with Crippen molar-refractivity contribution in [3.63, 3.8) is 0 Å². The van der Waals surface area contributed by atoms with E-state index in [4.69, 9.17) is 4.74 Å². The lowest BCUT2D eigenvalue weighted by molar-refractivity contribution is -0.126. The number of hydrogen-bond acceptors (Lipinski definition) is 5. The molecule has 1 aliphatic heterocycles. The standard InChI is InChI=1S/C27H36FN5O3/c1-18(2)36-14-6-11-30-27(35)21-9-12-32(13-10-21)17-25(34)31-26-24(16-29)19(3)20(4)33(26)23-8-5-7-22(28)15-23/h5,7-8,15,18,21H,6,9-14,17H2,1-4H3,(H,30,35)(H,31,34). The van der Waals surface area contributed by atoms with Crippen LogP contribution in [0.15, 0.2) is 24.3 Å². The number of nitrogens with one attached hydrogen (secondary N) is 2. The van der Waals surface area contributed by atoms with Crippen molar-refractivity contribution < 1.29 is 18.7 Å². The predicted octanol–water partition coefficient (Wildman–Crippen LogP) is 3.69. The van der Waals surface area contributed by atoms with Crippen LogP contribution in [0.2, 0.25) is 0 Å². The smallest absolute Gasteiger partial charge is 0.239 e. The second kappa shape index (κ2) is 12.7. The van der Waals surface area contributed by atoms with E-state index in [0.717, 1.165) is 17.7 Å². The number of piperidine rings is 1. The highest BCUT2D eigenvalue weighted by Crippen LogP contribution is 2.30. The zero-order valence-electron chi connectivity index (χ0n) is 21.6. The van der Waals surface area contributed by atoms with Gasteiger partial charge in [0.05, 0.1) is 23.9 Å². The van der Waals surface area contributed by atoms with Gasteiger partial charge in [-0.3, -0.25) is 19.1 Å². The van der Waals surface area contributed by atoms with Gasteiger partial charge in [0.25, 0.3) is 0 Å². The Morgan fingerprint density at radius 2 is 1.97 bits per heavy atom. The van der Waals surface area contributed by atoms with E-state index in [1.54, 1.807) is 16.7 Å². The molecule has 0 bridgehead atoms. The van der Waals surface area contributed by atoms with Crippen LogP contribution in [0.4, 0.5) is 10.2 Å². The summed E-state index contributed by atoms with van der Waals surface area (Å²) in [7, 11) is 0. The van der Waals surface area contributed by atoms with Crippen LogP contribution in [0, 0.1) is 36.9 Å². The molecule has 8 nitrogen and oxygen atoms in total. The van der Waals surface area contributed by atoms with Gasteiger partial charge in [0.1, 0.15) is 17.7 Å². The van der Waals surface area contributed by atoms with Crippen molar-refractivity contribution >= 4 is 17.6 Å². The monoisotopic (exact) mass is 497 g/mol. The van der Waals surface area contributed by atoms with E-state index < -0.39 is 5.82 Å². The van der Waals surface area contributed by atoms with Gasteiger partial charge in [0.2, 0.25) is 11.8 Å². The third kappa shape index (κ3) is 6.93. The van der Waals surface area contributed by atoms with Crippen molar-refractivity contribution in [2.45, 2.75) is 53.1 Å². The first-order chi connectivity index (χ1) is 17.2. The van der Waals surface area contributed by atoms with Crippen LogP contribution < -0.4 is 10.6 Å². The summed E-state index contributed by atoms with van der Waals surface area (Å²) in [5.74, 6) is -0.310. The SMILES string of the molecule is Cc1c(C#N)c(NC(=O)CN2CCC(C(=O)NCCCOC(C)C)CC2)n(-c2cccc(F)c2)c1C. The quantitative estimate of drug-likeness (QED) is 0.488. The molecule has 1 aliphatic rings. The highest BCUT2D eigenvalue weighted by atomic mass is 19.1. The number of carbonyl (C=O) groups is 2. The molecular weight excluding hydrogens is 461 g/mol. The molecule has 2 aromatic rings. The number of aromatic nitrogens is 1. The Kier molecular flexibility index (Phi) is 9.62. The largest absolute Gasteiger partial charge is 0.379 e. The number of hydrogen-bond donors (Lipinski definition) is 2. The normalized spacial score (nSPS) is 14.6. The number of nitriles is 1. The Hall–Kier alpha value is -3.22. The van der Waals surface area contributed by atoms with Gasteiger partial charge in [-0.15, -0.1) is 0 Å². The van der Waals surface area contributed by atoms with Gasteiger partial charge in [-0.1, -0.05) is 6.07 Å². The molecule has 0 atom stereocenters. The topological polar surface area (TPSA) is 99.4 Å². The molecule has 3 rings (SSSR count). The molecule has 2 amide bonds. The minimum absolute atomic E-state index is 0.0566. The number of amides is 2. The third-order valence-corrected chi connectivity index (χ3v) is 6.55. The average Bonchev–Trinajstić information content (AvgIpc) is 3.07. The Morgan fingerprint density at radius 3 is 2.61 bits per heavy atom. The molecule has 1 fully saturated rings. The van der Waals surface area contributed by atoms with Crippen LogP contribution in [0.25, 0.3) is 5.69 Å². The zero-order chi connectivity index (χ0) is 26.2. The van der Waals surface area contributed by atoms with E-state index in [1.165, 1.54) is 12.1 Å². The summed E-state index contributed by atoms with van der Waals surface area (Å²) in [5, 5.41) is 15.6. The Labute approximate surface area is 212 Å². The Morgan fingerprint density at radius 1 is 1.25 bits per heavy atom. The van der Waals surface area contributed by atoms with Crippen molar-refractivity contribution in [3.8, 4) is 11.8 Å². The van der Waals surface area contributed by atoms with Crippen molar-refractivity contribution in [2.24, 2.45) is 5.92 Å². The van der Waals surface area contributed by atoms with Gasteiger partial charge in [0, 0.05) is 24.8 Å². The second-order valence-electron chi connectivity index (χ2n) is 9.52. The van der Waals surface area contributed by atoms with E-state index in [-0.39, 0.29) is 30.4 Å². The van der Waals surface area contributed by atoms with E-state index in [2.05, 4.69) is 16.7 Å². The number of halogens is 1. The summed E-state index contributed by atoms with van der Waals surface area (Å²) in [5.41, 5.74) is 2.39. The van der Waals surface area contributed by atoms with Gasteiger partial charge in [-0.2, -0.15) is 5.26 Å². The molecule has 0 saturated carbocycles. The maximum absolute atomic E-state index is 13.9. The second-order valence-corrected chi connectivity index (χ2v) is 9.52. The lowest BCUT2D eigenvalue weighted by Crippen LogP contribution is -2.43. The fourth-order valence-electron chi connectivity index (χ4n) is 4.47. The molecule has 0 aliphatic carbocycles. The fraction of sp³-hybridized carbons (Fsp3) is 0.519. The molecule has 1 aromatic heterocycles. The van der Waals surface area contributed by atoms with E-state index in [0.29, 0.717) is 56.2 Å².